The quantitative estimate of drug-likeness (QED) is 0.134. The normalized spacial score (nSPS) is 11.9. The van der Waals surface area contributed by atoms with Crippen LogP contribution in [-0.4, -0.2) is 9.97 Å². The minimum atomic E-state index is 0.913. The monoisotopic (exact) mass is 708 g/mol. The first kappa shape index (κ1) is 31.0. The Bertz CT molecular complexity index is 3460. The summed E-state index contributed by atoms with van der Waals surface area (Å²) in [6.07, 6.45) is 0. The second kappa shape index (κ2) is 12.0. The standard InChI is InChI=1S/C54H32N2/c1-2-10-33(11-3-1)47-30-26-37-22-23-38-27-31-48(56-54(38)53(37)55-47)52-44-18-6-4-16-42(44)50(43-17-5-7-19-45(43)52)40-15-9-14-39(32-40)41-28-24-36-21-20-34-12-8-13-35-25-29-46(41)51(36)49(34)35/h1-32H. The lowest BCUT2D eigenvalue weighted by Gasteiger charge is -2.18. The van der Waals surface area contributed by atoms with Crippen molar-refractivity contribution in [3.63, 3.8) is 0 Å². The number of nitrogens with zero attached hydrogens (tertiary/aromatic N) is 2. The van der Waals surface area contributed by atoms with Crippen LogP contribution in [0, 0.1) is 0 Å². The SMILES string of the molecule is c1ccc(-c2ccc3ccc4ccc(-c5c6ccccc6c(-c6cccc(-c7ccc8ccc9cccc%10ccc7c8c9%10)c6)c6ccccc56)nc4c3n2)cc1. The summed E-state index contributed by atoms with van der Waals surface area (Å²) in [5.74, 6) is 0. The molecule has 2 nitrogen and oxygen atoms in total. The van der Waals surface area contributed by atoms with E-state index in [1.807, 2.05) is 6.07 Å². The fourth-order valence-corrected chi connectivity index (χ4v) is 9.22. The zero-order valence-corrected chi connectivity index (χ0v) is 30.4. The van der Waals surface area contributed by atoms with Crippen molar-refractivity contribution in [3.8, 4) is 44.8 Å². The Hall–Kier alpha value is -7.42. The number of aromatic nitrogens is 2. The number of fused-ring (bicyclic) bond motifs is 5. The summed E-state index contributed by atoms with van der Waals surface area (Å²) in [5.41, 5.74) is 10.8. The van der Waals surface area contributed by atoms with E-state index in [0.29, 0.717) is 0 Å². The smallest absolute Gasteiger partial charge is 0.0972 e. The van der Waals surface area contributed by atoms with E-state index in [2.05, 4.69) is 188 Å². The Morgan fingerprint density at radius 2 is 0.750 bits per heavy atom. The van der Waals surface area contributed by atoms with Crippen LogP contribution in [0.5, 0.6) is 0 Å². The molecule has 0 aliphatic rings. The van der Waals surface area contributed by atoms with Gasteiger partial charge in [0.25, 0.3) is 0 Å². The number of hydrogen-bond donors (Lipinski definition) is 0. The average Bonchev–Trinajstić information content (AvgIpc) is 3.27. The molecule has 0 N–H and O–H groups in total. The van der Waals surface area contributed by atoms with E-state index >= 15 is 0 Å². The van der Waals surface area contributed by atoms with Crippen LogP contribution in [0.3, 0.4) is 0 Å². The largest absolute Gasteiger partial charge is 0.245 e. The van der Waals surface area contributed by atoms with Gasteiger partial charge in [0.05, 0.1) is 22.4 Å². The maximum Gasteiger partial charge on any atom is 0.0972 e. The van der Waals surface area contributed by atoms with Crippen LogP contribution in [0.4, 0.5) is 0 Å². The minimum Gasteiger partial charge on any atom is -0.245 e. The summed E-state index contributed by atoms with van der Waals surface area (Å²) in [5, 5.41) is 14.7. The first-order valence-electron chi connectivity index (χ1n) is 19.2. The number of pyridine rings is 2. The van der Waals surface area contributed by atoms with Crippen molar-refractivity contribution in [2.75, 3.05) is 0 Å². The van der Waals surface area contributed by atoms with Crippen LogP contribution < -0.4 is 0 Å². The minimum absolute atomic E-state index is 0.913. The molecule has 2 heterocycles. The van der Waals surface area contributed by atoms with Gasteiger partial charge in [-0.1, -0.05) is 176 Å². The van der Waals surface area contributed by atoms with Crippen LogP contribution in [-0.2, 0) is 0 Å². The van der Waals surface area contributed by atoms with Gasteiger partial charge in [0.1, 0.15) is 0 Å². The Morgan fingerprint density at radius 3 is 1.45 bits per heavy atom. The summed E-state index contributed by atoms with van der Waals surface area (Å²) in [4.78, 5) is 10.7. The lowest BCUT2D eigenvalue weighted by Crippen LogP contribution is -1.94. The van der Waals surface area contributed by atoms with E-state index in [9.17, 15) is 0 Å². The molecule has 0 unspecified atom stereocenters. The average molecular weight is 709 g/mol. The molecule has 12 aromatic rings. The highest BCUT2D eigenvalue weighted by Gasteiger charge is 2.19. The number of benzene rings is 10. The Kier molecular flexibility index (Phi) is 6.66. The molecule has 0 saturated carbocycles. The molecule has 2 aromatic heterocycles. The van der Waals surface area contributed by atoms with Crippen molar-refractivity contribution in [1.82, 2.24) is 9.97 Å². The van der Waals surface area contributed by atoms with Crippen molar-refractivity contribution >= 4 is 75.7 Å². The number of hydrogen-bond acceptors (Lipinski definition) is 2. The van der Waals surface area contributed by atoms with Gasteiger partial charge in [-0.3, -0.25) is 0 Å². The molecule has 0 bridgehead atoms. The molecule has 0 atom stereocenters. The summed E-state index contributed by atoms with van der Waals surface area (Å²) >= 11 is 0. The molecular formula is C54H32N2. The second-order valence-corrected chi connectivity index (χ2v) is 14.9. The van der Waals surface area contributed by atoms with Gasteiger partial charge < -0.3 is 0 Å². The molecule has 10 aromatic carbocycles. The molecule has 0 fully saturated rings. The molecule has 0 aliphatic carbocycles. The van der Waals surface area contributed by atoms with Gasteiger partial charge in [0.15, 0.2) is 0 Å². The van der Waals surface area contributed by atoms with Crippen LogP contribution in [0.15, 0.2) is 194 Å². The van der Waals surface area contributed by atoms with Crippen LogP contribution in [0.25, 0.3) is 120 Å². The molecular weight excluding hydrogens is 677 g/mol. The molecule has 0 aliphatic heterocycles. The molecule has 56 heavy (non-hydrogen) atoms. The van der Waals surface area contributed by atoms with Gasteiger partial charge in [-0.15, -0.1) is 0 Å². The van der Waals surface area contributed by atoms with Gasteiger partial charge in [-0.05, 0) is 94.3 Å². The van der Waals surface area contributed by atoms with E-state index in [-0.39, 0.29) is 0 Å². The first-order chi connectivity index (χ1) is 27.8. The van der Waals surface area contributed by atoms with Crippen molar-refractivity contribution in [2.45, 2.75) is 0 Å². The molecule has 2 heteroatoms. The zero-order chi connectivity index (χ0) is 36.7. The van der Waals surface area contributed by atoms with E-state index in [0.717, 1.165) is 44.3 Å². The van der Waals surface area contributed by atoms with E-state index in [1.54, 1.807) is 0 Å². The van der Waals surface area contributed by atoms with Crippen LogP contribution >= 0.6 is 0 Å². The summed E-state index contributed by atoms with van der Waals surface area (Å²) in [7, 11) is 0. The third-order valence-corrected chi connectivity index (χ3v) is 11.8. The highest BCUT2D eigenvalue weighted by Crippen LogP contribution is 2.45. The second-order valence-electron chi connectivity index (χ2n) is 14.9. The van der Waals surface area contributed by atoms with Gasteiger partial charge in [-0.25, -0.2) is 9.97 Å². The fraction of sp³-hybridized carbons (Fsp3) is 0. The predicted molar refractivity (Wildman–Crippen MR) is 238 cm³/mol. The van der Waals surface area contributed by atoms with Gasteiger partial charge in [0, 0.05) is 21.9 Å². The highest BCUT2D eigenvalue weighted by atomic mass is 14.8. The van der Waals surface area contributed by atoms with E-state index in [4.69, 9.17) is 9.97 Å². The van der Waals surface area contributed by atoms with Gasteiger partial charge in [0.2, 0.25) is 0 Å². The van der Waals surface area contributed by atoms with Gasteiger partial charge in [-0.2, -0.15) is 0 Å². The van der Waals surface area contributed by atoms with E-state index < -0.39 is 0 Å². The third kappa shape index (κ3) is 4.63. The van der Waals surface area contributed by atoms with Crippen LogP contribution in [0.2, 0.25) is 0 Å². The Balaban J connectivity index is 1.07. The molecule has 0 spiro atoms. The van der Waals surface area contributed by atoms with Crippen molar-refractivity contribution < 1.29 is 0 Å². The van der Waals surface area contributed by atoms with Crippen molar-refractivity contribution in [2.24, 2.45) is 0 Å². The van der Waals surface area contributed by atoms with E-state index in [1.165, 1.54) is 76.1 Å². The molecule has 0 amide bonds. The third-order valence-electron chi connectivity index (χ3n) is 11.8. The maximum absolute atomic E-state index is 5.47. The summed E-state index contributed by atoms with van der Waals surface area (Å²) < 4.78 is 0. The summed E-state index contributed by atoms with van der Waals surface area (Å²) in [6.45, 7) is 0. The fourth-order valence-electron chi connectivity index (χ4n) is 9.22. The van der Waals surface area contributed by atoms with Gasteiger partial charge >= 0.3 is 0 Å². The van der Waals surface area contributed by atoms with Crippen molar-refractivity contribution in [3.05, 3.63) is 194 Å². The molecule has 12 rings (SSSR count). The number of rotatable bonds is 4. The lowest BCUT2D eigenvalue weighted by molar-refractivity contribution is 1.37. The lowest BCUT2D eigenvalue weighted by atomic mass is 9.85. The highest BCUT2D eigenvalue weighted by molar-refractivity contribution is 6.26. The predicted octanol–water partition coefficient (Wildman–Crippen LogP) is 14.7. The molecule has 0 saturated heterocycles. The first-order valence-corrected chi connectivity index (χ1v) is 19.2. The molecule has 258 valence electrons. The summed E-state index contributed by atoms with van der Waals surface area (Å²) in [6, 6.07) is 70.4. The Labute approximate surface area is 323 Å². The topological polar surface area (TPSA) is 25.8 Å². The maximum atomic E-state index is 5.47. The van der Waals surface area contributed by atoms with Crippen molar-refractivity contribution in [1.29, 1.82) is 0 Å². The van der Waals surface area contributed by atoms with Crippen LogP contribution in [0.1, 0.15) is 0 Å². The Morgan fingerprint density at radius 1 is 0.268 bits per heavy atom. The molecule has 0 radical (unpaired) electrons. The zero-order valence-electron chi connectivity index (χ0n) is 30.4.